The third-order valence-corrected chi connectivity index (χ3v) is 3.60. The van der Waals surface area contributed by atoms with E-state index >= 15 is 0 Å². The quantitative estimate of drug-likeness (QED) is 0.766. The summed E-state index contributed by atoms with van der Waals surface area (Å²) in [5, 5.41) is 5.68. The van der Waals surface area contributed by atoms with Gasteiger partial charge in [-0.25, -0.2) is 4.79 Å². The highest BCUT2D eigenvalue weighted by Gasteiger charge is 2.13. The molecule has 1 atom stereocenters. The van der Waals surface area contributed by atoms with Gasteiger partial charge in [-0.2, -0.15) is 0 Å². The number of ether oxygens (including phenoxy) is 2. The molecule has 2 N–H and O–H groups in total. The van der Waals surface area contributed by atoms with Gasteiger partial charge in [0.2, 0.25) is 0 Å². The molecule has 0 radical (unpaired) electrons. The molecule has 0 heterocycles. The van der Waals surface area contributed by atoms with Crippen molar-refractivity contribution in [1.29, 1.82) is 0 Å². The van der Waals surface area contributed by atoms with Crippen molar-refractivity contribution in [1.82, 2.24) is 10.6 Å². The summed E-state index contributed by atoms with van der Waals surface area (Å²) in [5.41, 5.74) is 2.08. The second kappa shape index (κ2) is 8.82. The molecule has 1 unspecified atom stereocenters. The van der Waals surface area contributed by atoms with Crippen LogP contribution in [0.2, 0.25) is 0 Å². The summed E-state index contributed by atoms with van der Waals surface area (Å²) in [4.78, 5) is 12.0. The highest BCUT2D eigenvalue weighted by Crippen LogP contribution is 2.24. The van der Waals surface area contributed by atoms with Crippen LogP contribution in [0.15, 0.2) is 48.5 Å². The summed E-state index contributed by atoms with van der Waals surface area (Å²) in [6.07, 6.45) is 0. The van der Waals surface area contributed by atoms with Crippen LogP contribution in [0.25, 0.3) is 0 Å². The standard InChI is InChI=1S/C19H24N2O3/c1-14-7-6-8-16(13-14)24-12-11-20-19(22)21-15(2)17-9-4-5-10-18(17)23-3/h4-10,13,15H,11-12H2,1-3H3,(H2,20,21,22). The summed E-state index contributed by atoms with van der Waals surface area (Å²) in [5.74, 6) is 1.56. The second-order valence-electron chi connectivity index (χ2n) is 5.53. The molecule has 128 valence electrons. The van der Waals surface area contributed by atoms with E-state index in [1.165, 1.54) is 0 Å². The number of amides is 2. The van der Waals surface area contributed by atoms with Gasteiger partial charge in [0.15, 0.2) is 0 Å². The highest BCUT2D eigenvalue weighted by molar-refractivity contribution is 5.74. The van der Waals surface area contributed by atoms with E-state index in [2.05, 4.69) is 10.6 Å². The lowest BCUT2D eigenvalue weighted by molar-refractivity contribution is 0.233. The Labute approximate surface area is 143 Å². The molecule has 0 aliphatic rings. The van der Waals surface area contributed by atoms with E-state index in [9.17, 15) is 4.79 Å². The topological polar surface area (TPSA) is 59.6 Å². The first-order valence-electron chi connectivity index (χ1n) is 7.97. The van der Waals surface area contributed by atoms with Crippen molar-refractivity contribution in [2.75, 3.05) is 20.3 Å². The Bertz CT molecular complexity index is 673. The van der Waals surface area contributed by atoms with Gasteiger partial charge < -0.3 is 20.1 Å². The van der Waals surface area contributed by atoms with Crippen LogP contribution >= 0.6 is 0 Å². The maximum absolute atomic E-state index is 12.0. The molecule has 2 amide bonds. The lowest BCUT2D eigenvalue weighted by Gasteiger charge is -2.17. The van der Waals surface area contributed by atoms with Crippen molar-refractivity contribution in [2.24, 2.45) is 0 Å². The fourth-order valence-electron chi connectivity index (χ4n) is 2.39. The third-order valence-electron chi connectivity index (χ3n) is 3.60. The monoisotopic (exact) mass is 328 g/mol. The minimum Gasteiger partial charge on any atom is -0.496 e. The van der Waals surface area contributed by atoms with Crippen LogP contribution < -0.4 is 20.1 Å². The lowest BCUT2D eigenvalue weighted by Crippen LogP contribution is -2.39. The third kappa shape index (κ3) is 5.19. The highest BCUT2D eigenvalue weighted by atomic mass is 16.5. The van der Waals surface area contributed by atoms with Gasteiger partial charge in [-0.05, 0) is 37.6 Å². The Morgan fingerprint density at radius 3 is 2.71 bits per heavy atom. The van der Waals surface area contributed by atoms with Gasteiger partial charge in [0, 0.05) is 5.56 Å². The van der Waals surface area contributed by atoms with Crippen molar-refractivity contribution in [3.05, 3.63) is 59.7 Å². The van der Waals surface area contributed by atoms with E-state index in [0.29, 0.717) is 13.2 Å². The molecular weight excluding hydrogens is 304 g/mol. The number of hydrogen-bond acceptors (Lipinski definition) is 3. The van der Waals surface area contributed by atoms with E-state index in [1.807, 2.05) is 62.4 Å². The van der Waals surface area contributed by atoms with Gasteiger partial charge in [-0.3, -0.25) is 0 Å². The molecule has 5 heteroatoms. The zero-order chi connectivity index (χ0) is 17.4. The first-order chi connectivity index (χ1) is 11.6. The second-order valence-corrected chi connectivity index (χ2v) is 5.53. The smallest absolute Gasteiger partial charge is 0.315 e. The van der Waals surface area contributed by atoms with Gasteiger partial charge in [0.1, 0.15) is 18.1 Å². The predicted octanol–water partition coefficient (Wildman–Crippen LogP) is 3.44. The molecule has 0 aliphatic carbocycles. The van der Waals surface area contributed by atoms with E-state index in [1.54, 1.807) is 7.11 Å². The Morgan fingerprint density at radius 1 is 1.17 bits per heavy atom. The molecule has 0 saturated carbocycles. The maximum Gasteiger partial charge on any atom is 0.315 e. The largest absolute Gasteiger partial charge is 0.496 e. The Balaban J connectivity index is 1.75. The molecule has 0 aromatic heterocycles. The number of urea groups is 1. The average molecular weight is 328 g/mol. The molecule has 2 aromatic rings. The first-order valence-corrected chi connectivity index (χ1v) is 7.97. The lowest BCUT2D eigenvalue weighted by atomic mass is 10.1. The molecule has 2 rings (SSSR count). The number of rotatable bonds is 7. The normalized spacial score (nSPS) is 11.5. The Morgan fingerprint density at radius 2 is 1.96 bits per heavy atom. The van der Waals surface area contributed by atoms with E-state index < -0.39 is 0 Å². The zero-order valence-electron chi connectivity index (χ0n) is 14.3. The zero-order valence-corrected chi connectivity index (χ0v) is 14.3. The minimum absolute atomic E-state index is 0.154. The summed E-state index contributed by atoms with van der Waals surface area (Å²) >= 11 is 0. The first kappa shape index (κ1) is 17.7. The molecule has 0 aliphatic heterocycles. The summed E-state index contributed by atoms with van der Waals surface area (Å²) in [7, 11) is 1.62. The summed E-state index contributed by atoms with van der Waals surface area (Å²) in [6.45, 7) is 4.77. The average Bonchev–Trinajstić information content (AvgIpc) is 2.58. The van der Waals surface area contributed by atoms with Crippen LogP contribution in [0.3, 0.4) is 0 Å². The SMILES string of the molecule is COc1ccccc1C(C)NC(=O)NCCOc1cccc(C)c1. The van der Waals surface area contributed by atoms with Crippen LogP contribution in [0.1, 0.15) is 24.1 Å². The van der Waals surface area contributed by atoms with E-state index in [4.69, 9.17) is 9.47 Å². The molecular formula is C19H24N2O3. The number of aryl methyl sites for hydroxylation is 1. The van der Waals surface area contributed by atoms with Crippen molar-refractivity contribution >= 4 is 6.03 Å². The van der Waals surface area contributed by atoms with Crippen LogP contribution in [-0.2, 0) is 0 Å². The maximum atomic E-state index is 12.0. The van der Waals surface area contributed by atoms with Gasteiger partial charge in [0.05, 0.1) is 19.7 Å². The van der Waals surface area contributed by atoms with Crippen molar-refractivity contribution < 1.29 is 14.3 Å². The molecule has 2 aromatic carbocycles. The minimum atomic E-state index is -0.235. The number of methoxy groups -OCH3 is 1. The molecule has 0 fully saturated rings. The number of hydrogen-bond donors (Lipinski definition) is 2. The van der Waals surface area contributed by atoms with Gasteiger partial charge in [0.25, 0.3) is 0 Å². The van der Waals surface area contributed by atoms with Crippen molar-refractivity contribution in [3.8, 4) is 11.5 Å². The fraction of sp³-hybridized carbons (Fsp3) is 0.316. The number of carbonyl (C=O) groups is 1. The number of nitrogens with one attached hydrogen (secondary N) is 2. The number of benzene rings is 2. The summed E-state index contributed by atoms with van der Waals surface area (Å²) in [6, 6.07) is 15.1. The van der Waals surface area contributed by atoms with Crippen molar-refractivity contribution in [3.63, 3.8) is 0 Å². The van der Waals surface area contributed by atoms with Gasteiger partial charge >= 0.3 is 6.03 Å². The molecule has 0 saturated heterocycles. The number of para-hydroxylation sites is 1. The van der Waals surface area contributed by atoms with E-state index in [0.717, 1.165) is 22.6 Å². The van der Waals surface area contributed by atoms with Crippen LogP contribution in [0.5, 0.6) is 11.5 Å². The van der Waals surface area contributed by atoms with Gasteiger partial charge in [-0.15, -0.1) is 0 Å². The fourth-order valence-corrected chi connectivity index (χ4v) is 2.39. The van der Waals surface area contributed by atoms with Gasteiger partial charge in [-0.1, -0.05) is 30.3 Å². The Hall–Kier alpha value is -2.69. The van der Waals surface area contributed by atoms with Crippen LogP contribution in [0, 0.1) is 6.92 Å². The van der Waals surface area contributed by atoms with Crippen molar-refractivity contribution in [2.45, 2.75) is 19.9 Å². The molecule has 24 heavy (non-hydrogen) atoms. The summed E-state index contributed by atoms with van der Waals surface area (Å²) < 4.78 is 10.9. The van der Waals surface area contributed by atoms with Crippen LogP contribution in [0.4, 0.5) is 4.79 Å². The molecule has 0 spiro atoms. The van der Waals surface area contributed by atoms with E-state index in [-0.39, 0.29) is 12.1 Å². The Kier molecular flexibility index (Phi) is 6.49. The number of carbonyl (C=O) groups excluding carboxylic acids is 1. The molecule has 0 bridgehead atoms. The predicted molar refractivity (Wildman–Crippen MR) is 94.6 cm³/mol. The molecule has 5 nitrogen and oxygen atoms in total. The van der Waals surface area contributed by atoms with Crippen LogP contribution in [-0.4, -0.2) is 26.3 Å².